The highest BCUT2D eigenvalue weighted by Gasteiger charge is 2.27. The van der Waals surface area contributed by atoms with Crippen LogP contribution in [0.1, 0.15) is 79.0 Å². The van der Waals surface area contributed by atoms with Crippen LogP contribution < -0.4 is 32.9 Å². The van der Waals surface area contributed by atoms with Crippen molar-refractivity contribution in [1.29, 1.82) is 0 Å². The summed E-state index contributed by atoms with van der Waals surface area (Å²) in [5.41, 5.74) is 4.70. The first kappa shape index (κ1) is 26.8. The summed E-state index contributed by atoms with van der Waals surface area (Å²) in [6.07, 6.45) is 0. The maximum Gasteiger partial charge on any atom is 0.102 e. The van der Waals surface area contributed by atoms with Crippen LogP contribution in [0.15, 0.2) is 72.8 Å². The average Bonchev–Trinajstić information content (AvgIpc) is 2.67. The largest absolute Gasteiger partial charge is 1.00 e. The van der Waals surface area contributed by atoms with Crippen molar-refractivity contribution in [3.63, 3.8) is 0 Å². The highest BCUT2D eigenvalue weighted by atomic mass is 79.9. The Balaban J connectivity index is 0.00000363. The van der Waals surface area contributed by atoms with E-state index in [9.17, 15) is 0 Å². The number of rotatable bonds is 3. The van der Waals surface area contributed by atoms with Gasteiger partial charge >= 0.3 is 0 Å². The van der Waals surface area contributed by atoms with Crippen molar-refractivity contribution in [3.05, 3.63) is 89.5 Å². The average molecular weight is 512 g/mol. The third kappa shape index (κ3) is 6.33. The minimum atomic E-state index is -1.06. The van der Waals surface area contributed by atoms with E-state index >= 15 is 0 Å². The molecule has 0 saturated heterocycles. The summed E-state index contributed by atoms with van der Waals surface area (Å²) >= 11 is 0. The molecule has 0 nitrogen and oxygen atoms in total. The fourth-order valence-electron chi connectivity index (χ4n) is 3.91. The van der Waals surface area contributed by atoms with Crippen molar-refractivity contribution in [2.75, 3.05) is 0 Å². The molecular formula is C30H40BrP. The second-order valence-corrected chi connectivity index (χ2v) is 14.3. The normalized spacial score (nSPS) is 12.6. The summed E-state index contributed by atoms with van der Waals surface area (Å²) in [6.45, 7) is 20.5. The molecule has 0 heterocycles. The zero-order chi connectivity index (χ0) is 23.0. The first-order valence-electron chi connectivity index (χ1n) is 11.5. The maximum absolute atomic E-state index is 2.37. The molecular weight excluding hydrogens is 471 g/mol. The fraction of sp³-hybridized carbons (Fsp3) is 0.400. The van der Waals surface area contributed by atoms with Crippen LogP contribution in [0, 0.1) is 0 Å². The van der Waals surface area contributed by atoms with E-state index in [0.717, 1.165) is 0 Å². The van der Waals surface area contributed by atoms with E-state index < -0.39 is 7.92 Å². The van der Waals surface area contributed by atoms with Crippen LogP contribution in [0.25, 0.3) is 0 Å². The molecule has 32 heavy (non-hydrogen) atoms. The monoisotopic (exact) mass is 510 g/mol. The summed E-state index contributed by atoms with van der Waals surface area (Å²) in [6, 6.07) is 28.2. The zero-order valence-corrected chi connectivity index (χ0v) is 23.9. The van der Waals surface area contributed by atoms with Gasteiger partial charge in [0.15, 0.2) is 0 Å². The van der Waals surface area contributed by atoms with Crippen molar-refractivity contribution in [1.82, 2.24) is 0 Å². The molecule has 0 aliphatic rings. The maximum atomic E-state index is 2.37. The van der Waals surface area contributed by atoms with E-state index in [1.807, 2.05) is 0 Å². The molecule has 0 aliphatic carbocycles. The van der Waals surface area contributed by atoms with E-state index in [1.165, 1.54) is 32.6 Å². The Morgan fingerprint density at radius 1 is 0.375 bits per heavy atom. The molecule has 0 fully saturated rings. The molecule has 0 amide bonds. The lowest BCUT2D eigenvalue weighted by Crippen LogP contribution is -3.00. The van der Waals surface area contributed by atoms with Crippen molar-refractivity contribution in [2.45, 2.75) is 78.6 Å². The van der Waals surface area contributed by atoms with Gasteiger partial charge in [0, 0.05) is 0 Å². The van der Waals surface area contributed by atoms with Gasteiger partial charge in [-0.1, -0.05) is 98.7 Å². The topological polar surface area (TPSA) is 0 Å². The Kier molecular flexibility index (Phi) is 8.23. The summed E-state index contributed by atoms with van der Waals surface area (Å²) in [5, 5.41) is 4.35. The lowest BCUT2D eigenvalue weighted by atomic mass is 9.87. The van der Waals surface area contributed by atoms with E-state index in [1.54, 1.807) is 0 Å². The van der Waals surface area contributed by atoms with Crippen molar-refractivity contribution < 1.29 is 17.0 Å². The standard InChI is InChI=1S/C30H39P.BrH/c1-28(2,3)22-10-16-25(17-11-22)31(26-18-12-23(13-19-26)29(4,5)6)27-20-14-24(15-21-27)30(7,8)9;/h10-21H,1-9H3;1H. The third-order valence-corrected chi connectivity index (χ3v) is 8.85. The second kappa shape index (κ2) is 9.82. The van der Waals surface area contributed by atoms with Gasteiger partial charge in [0.2, 0.25) is 0 Å². The Bertz CT molecular complexity index is 857. The smallest absolute Gasteiger partial charge is 0.102 e. The first-order chi connectivity index (χ1) is 14.3. The van der Waals surface area contributed by atoms with E-state index in [4.69, 9.17) is 0 Å². The number of halogens is 1. The summed E-state index contributed by atoms with van der Waals surface area (Å²) in [5.74, 6) is 0. The SMILES string of the molecule is CC(C)(C)c1ccc([PH+](c2ccc(C(C)(C)C)cc2)c2ccc(C(C)(C)C)cc2)cc1.[Br-]. The van der Waals surface area contributed by atoms with Gasteiger partial charge in [-0.25, -0.2) is 0 Å². The van der Waals surface area contributed by atoms with E-state index in [0.29, 0.717) is 0 Å². The Labute approximate surface area is 208 Å². The van der Waals surface area contributed by atoms with E-state index in [2.05, 4.69) is 135 Å². The van der Waals surface area contributed by atoms with Gasteiger partial charge in [-0.3, -0.25) is 0 Å². The Morgan fingerprint density at radius 2 is 0.562 bits per heavy atom. The molecule has 0 aromatic heterocycles. The molecule has 0 N–H and O–H groups in total. The molecule has 0 saturated carbocycles. The number of hydrogen-bond acceptors (Lipinski definition) is 0. The van der Waals surface area contributed by atoms with Crippen molar-refractivity contribution in [2.24, 2.45) is 0 Å². The molecule has 3 aromatic rings. The van der Waals surface area contributed by atoms with Crippen LogP contribution in [0.5, 0.6) is 0 Å². The van der Waals surface area contributed by atoms with Gasteiger partial charge in [0.05, 0.1) is 7.92 Å². The zero-order valence-electron chi connectivity index (χ0n) is 21.3. The summed E-state index contributed by atoms with van der Waals surface area (Å²) < 4.78 is 0. The van der Waals surface area contributed by atoms with E-state index in [-0.39, 0.29) is 33.2 Å². The van der Waals surface area contributed by atoms with Crippen LogP contribution in [-0.4, -0.2) is 0 Å². The third-order valence-electron chi connectivity index (χ3n) is 6.12. The Hall–Kier alpha value is -1.43. The predicted octanol–water partition coefficient (Wildman–Crippen LogP) is 4.07. The molecule has 172 valence electrons. The highest BCUT2D eigenvalue weighted by Crippen LogP contribution is 2.35. The number of benzene rings is 3. The van der Waals surface area contributed by atoms with Gasteiger partial charge < -0.3 is 17.0 Å². The van der Waals surface area contributed by atoms with Gasteiger partial charge in [0.25, 0.3) is 0 Å². The molecule has 0 bridgehead atoms. The van der Waals surface area contributed by atoms with Gasteiger partial charge in [-0.05, 0) is 69.3 Å². The highest BCUT2D eigenvalue weighted by molar-refractivity contribution is 7.79. The number of hydrogen-bond donors (Lipinski definition) is 0. The molecule has 2 heteroatoms. The minimum Gasteiger partial charge on any atom is -1.00 e. The molecule has 0 radical (unpaired) electrons. The molecule has 0 aliphatic heterocycles. The minimum absolute atomic E-state index is 0. The molecule has 0 unspecified atom stereocenters. The molecule has 3 aromatic carbocycles. The van der Waals surface area contributed by atoms with Crippen LogP contribution in [0.3, 0.4) is 0 Å². The molecule has 0 atom stereocenters. The summed E-state index contributed by atoms with van der Waals surface area (Å²) in [4.78, 5) is 0. The van der Waals surface area contributed by atoms with Crippen molar-refractivity contribution in [3.8, 4) is 0 Å². The fourth-order valence-corrected chi connectivity index (χ4v) is 6.41. The van der Waals surface area contributed by atoms with Crippen LogP contribution in [0.2, 0.25) is 0 Å². The second-order valence-electron chi connectivity index (χ2n) is 11.9. The van der Waals surface area contributed by atoms with Crippen LogP contribution in [-0.2, 0) is 16.2 Å². The molecule has 0 spiro atoms. The Morgan fingerprint density at radius 3 is 0.719 bits per heavy atom. The van der Waals surface area contributed by atoms with Crippen LogP contribution >= 0.6 is 7.92 Å². The summed E-state index contributed by atoms with van der Waals surface area (Å²) in [7, 11) is -1.06. The van der Waals surface area contributed by atoms with Crippen molar-refractivity contribution >= 4 is 23.8 Å². The molecule has 3 rings (SSSR count). The quantitative estimate of drug-likeness (QED) is 0.465. The van der Waals surface area contributed by atoms with Gasteiger partial charge in [-0.2, -0.15) is 0 Å². The van der Waals surface area contributed by atoms with Crippen LogP contribution in [0.4, 0.5) is 0 Å². The lowest BCUT2D eigenvalue weighted by Gasteiger charge is -2.21. The van der Waals surface area contributed by atoms with Gasteiger partial charge in [0.1, 0.15) is 15.9 Å². The lowest BCUT2D eigenvalue weighted by molar-refractivity contribution is -0.00000754. The van der Waals surface area contributed by atoms with Gasteiger partial charge in [-0.15, -0.1) is 0 Å². The first-order valence-corrected chi connectivity index (χ1v) is 13.0. The predicted molar refractivity (Wildman–Crippen MR) is 143 cm³/mol.